The van der Waals surface area contributed by atoms with Crippen molar-refractivity contribution in [3.8, 4) is 6.07 Å². The Morgan fingerprint density at radius 1 is 1.28 bits per heavy atom. The van der Waals surface area contributed by atoms with Crippen LogP contribution in [0.2, 0.25) is 0 Å². The second kappa shape index (κ2) is 4.92. The molecule has 0 unspecified atom stereocenters. The minimum atomic E-state index is -0.935. The maximum atomic E-state index is 11.0. The van der Waals surface area contributed by atoms with Gasteiger partial charge < -0.3 is 10.8 Å². The largest absolute Gasteiger partial charge is 0.506 e. The molecule has 0 bridgehead atoms. The predicted octanol–water partition coefficient (Wildman–Crippen LogP) is 2.26. The molecule has 1 rings (SSSR count). The summed E-state index contributed by atoms with van der Waals surface area (Å²) in [6.07, 6.45) is 0. The zero-order valence-electron chi connectivity index (χ0n) is 10.7. The highest BCUT2D eigenvalue weighted by Gasteiger charge is 2.16. The number of hydrogen-bond acceptors (Lipinski definition) is 3. The van der Waals surface area contributed by atoms with Crippen molar-refractivity contribution in [2.24, 2.45) is 5.73 Å². The minimum absolute atomic E-state index is 0.000388. The van der Waals surface area contributed by atoms with Gasteiger partial charge >= 0.3 is 0 Å². The van der Waals surface area contributed by atoms with Crippen LogP contribution in [-0.4, -0.2) is 11.0 Å². The molecular formula is C14H16N2O2. The number of nitrogens with two attached hydrogens (primary N) is 1. The van der Waals surface area contributed by atoms with Crippen LogP contribution in [0.1, 0.15) is 31.9 Å². The van der Waals surface area contributed by atoms with Crippen LogP contribution in [0, 0.1) is 11.3 Å². The lowest BCUT2D eigenvalue weighted by atomic mass is 9.86. The Hall–Kier alpha value is -2.28. The van der Waals surface area contributed by atoms with Gasteiger partial charge in [-0.05, 0) is 11.0 Å². The number of aliphatic hydroxyl groups is 1. The van der Waals surface area contributed by atoms with Crippen molar-refractivity contribution in [1.82, 2.24) is 0 Å². The molecular weight excluding hydrogens is 228 g/mol. The van der Waals surface area contributed by atoms with Gasteiger partial charge in [0.05, 0.1) is 0 Å². The summed E-state index contributed by atoms with van der Waals surface area (Å²) >= 11 is 0. The van der Waals surface area contributed by atoms with E-state index in [1.165, 1.54) is 0 Å². The fraction of sp³-hybridized carbons (Fsp3) is 0.286. The zero-order chi connectivity index (χ0) is 13.9. The highest BCUT2D eigenvalue weighted by molar-refractivity contribution is 6.02. The number of rotatable bonds is 2. The summed E-state index contributed by atoms with van der Waals surface area (Å²) in [5, 5.41) is 18.5. The molecule has 4 nitrogen and oxygen atoms in total. The number of aliphatic hydroxyl groups excluding tert-OH is 1. The van der Waals surface area contributed by atoms with Crippen LogP contribution in [0.5, 0.6) is 0 Å². The maximum absolute atomic E-state index is 11.0. The first-order valence-corrected chi connectivity index (χ1v) is 5.51. The van der Waals surface area contributed by atoms with Gasteiger partial charge in [-0.2, -0.15) is 5.26 Å². The number of nitriles is 1. The molecule has 1 aromatic rings. The lowest BCUT2D eigenvalue weighted by molar-refractivity contribution is -0.114. The van der Waals surface area contributed by atoms with Crippen molar-refractivity contribution >= 4 is 11.7 Å². The molecule has 0 saturated carbocycles. The maximum Gasteiger partial charge on any atom is 0.263 e. The van der Waals surface area contributed by atoms with Gasteiger partial charge in [-0.25, -0.2) is 0 Å². The predicted molar refractivity (Wildman–Crippen MR) is 69.5 cm³/mol. The first-order chi connectivity index (χ1) is 8.27. The standard InChI is InChI=1S/C14H16N2O2/c1-14(2,3)10-6-4-9(5-7-10)12(17)11(8-15)13(16)18/h4-7,17H,1-3H3,(H2,16,18). The van der Waals surface area contributed by atoms with E-state index in [0.29, 0.717) is 5.56 Å². The van der Waals surface area contributed by atoms with Gasteiger partial charge in [0.1, 0.15) is 11.8 Å². The van der Waals surface area contributed by atoms with Gasteiger partial charge in [-0.15, -0.1) is 0 Å². The Balaban J connectivity index is 3.22. The molecule has 0 aliphatic heterocycles. The van der Waals surface area contributed by atoms with Crippen LogP contribution in [0.4, 0.5) is 0 Å². The van der Waals surface area contributed by atoms with E-state index in [2.05, 4.69) is 20.8 Å². The quantitative estimate of drug-likeness (QED) is 0.475. The molecule has 1 aromatic carbocycles. The van der Waals surface area contributed by atoms with Crippen LogP contribution in [0.25, 0.3) is 5.76 Å². The summed E-state index contributed by atoms with van der Waals surface area (Å²) in [6, 6.07) is 8.62. The van der Waals surface area contributed by atoms with Gasteiger partial charge in [-0.1, -0.05) is 45.0 Å². The molecule has 1 amide bonds. The van der Waals surface area contributed by atoms with E-state index < -0.39 is 11.5 Å². The zero-order valence-corrected chi connectivity index (χ0v) is 10.7. The van der Waals surface area contributed by atoms with E-state index in [-0.39, 0.29) is 11.2 Å². The molecule has 94 valence electrons. The molecule has 0 saturated heterocycles. The fourth-order valence-corrected chi connectivity index (χ4v) is 1.50. The second-order valence-corrected chi connectivity index (χ2v) is 5.03. The summed E-state index contributed by atoms with van der Waals surface area (Å²) < 4.78 is 0. The number of carbonyl (C=O) groups is 1. The molecule has 0 spiro atoms. The van der Waals surface area contributed by atoms with Crippen molar-refractivity contribution in [1.29, 1.82) is 5.26 Å². The molecule has 4 heteroatoms. The van der Waals surface area contributed by atoms with E-state index in [0.717, 1.165) is 5.56 Å². The third kappa shape index (κ3) is 2.89. The van der Waals surface area contributed by atoms with Crippen LogP contribution in [0.3, 0.4) is 0 Å². The normalized spacial score (nSPS) is 12.6. The number of amides is 1. The summed E-state index contributed by atoms with van der Waals surface area (Å²) in [5.41, 5.74) is 6.07. The van der Waals surface area contributed by atoms with E-state index in [1.54, 1.807) is 18.2 Å². The third-order valence-electron chi connectivity index (χ3n) is 2.62. The first-order valence-electron chi connectivity index (χ1n) is 5.51. The van der Waals surface area contributed by atoms with Crippen LogP contribution < -0.4 is 5.73 Å². The van der Waals surface area contributed by atoms with E-state index >= 15 is 0 Å². The summed E-state index contributed by atoms with van der Waals surface area (Å²) in [4.78, 5) is 11.0. The average molecular weight is 244 g/mol. The monoisotopic (exact) mass is 244 g/mol. The molecule has 0 atom stereocenters. The van der Waals surface area contributed by atoms with Crippen molar-refractivity contribution in [2.45, 2.75) is 26.2 Å². The lowest BCUT2D eigenvalue weighted by Gasteiger charge is -2.19. The Morgan fingerprint density at radius 3 is 2.11 bits per heavy atom. The number of hydrogen-bond donors (Lipinski definition) is 2. The topological polar surface area (TPSA) is 87.1 Å². The molecule has 0 aliphatic carbocycles. The van der Waals surface area contributed by atoms with Gasteiger partial charge in [-0.3, -0.25) is 4.79 Å². The Morgan fingerprint density at radius 2 is 1.78 bits per heavy atom. The number of primary amides is 1. The second-order valence-electron chi connectivity index (χ2n) is 5.03. The molecule has 0 radical (unpaired) electrons. The molecule has 0 aromatic heterocycles. The molecule has 0 heterocycles. The number of carbonyl (C=O) groups excluding carboxylic acids is 1. The van der Waals surface area contributed by atoms with Crippen molar-refractivity contribution < 1.29 is 9.90 Å². The van der Waals surface area contributed by atoms with Crippen LogP contribution in [0.15, 0.2) is 29.8 Å². The lowest BCUT2D eigenvalue weighted by Crippen LogP contribution is -2.15. The van der Waals surface area contributed by atoms with Crippen LogP contribution in [-0.2, 0) is 10.2 Å². The van der Waals surface area contributed by atoms with Gasteiger partial charge in [0.25, 0.3) is 5.91 Å². The fourth-order valence-electron chi connectivity index (χ4n) is 1.50. The van der Waals surface area contributed by atoms with Crippen LogP contribution >= 0.6 is 0 Å². The highest BCUT2D eigenvalue weighted by Crippen LogP contribution is 2.24. The van der Waals surface area contributed by atoms with E-state index in [4.69, 9.17) is 11.0 Å². The van der Waals surface area contributed by atoms with Gasteiger partial charge in [0, 0.05) is 5.56 Å². The first kappa shape index (κ1) is 13.8. The third-order valence-corrected chi connectivity index (χ3v) is 2.62. The van der Waals surface area contributed by atoms with Gasteiger partial charge in [0.2, 0.25) is 0 Å². The summed E-state index contributed by atoms with van der Waals surface area (Å²) in [5.74, 6) is -1.32. The number of nitrogens with zero attached hydrogens (tertiary/aromatic N) is 1. The molecule has 3 N–H and O–H groups in total. The summed E-state index contributed by atoms with van der Waals surface area (Å²) in [7, 11) is 0. The van der Waals surface area contributed by atoms with E-state index in [9.17, 15) is 9.90 Å². The molecule has 0 aliphatic rings. The Labute approximate surface area is 106 Å². The SMILES string of the molecule is CC(C)(C)c1ccc(C(O)=C(C#N)C(N)=O)cc1. The molecule has 18 heavy (non-hydrogen) atoms. The Kier molecular flexibility index (Phi) is 3.77. The smallest absolute Gasteiger partial charge is 0.263 e. The van der Waals surface area contributed by atoms with Crippen molar-refractivity contribution in [3.05, 3.63) is 41.0 Å². The summed E-state index contributed by atoms with van der Waals surface area (Å²) in [6.45, 7) is 6.21. The number of benzene rings is 1. The van der Waals surface area contributed by atoms with Gasteiger partial charge in [0.15, 0.2) is 5.57 Å². The highest BCUT2D eigenvalue weighted by atomic mass is 16.3. The van der Waals surface area contributed by atoms with Crippen molar-refractivity contribution in [3.63, 3.8) is 0 Å². The minimum Gasteiger partial charge on any atom is -0.506 e. The average Bonchev–Trinajstić information content (AvgIpc) is 2.28. The van der Waals surface area contributed by atoms with Crippen molar-refractivity contribution in [2.75, 3.05) is 0 Å². The Bertz CT molecular complexity index is 528. The van der Waals surface area contributed by atoms with E-state index in [1.807, 2.05) is 12.1 Å². The molecule has 0 fully saturated rings.